The number of carbonyl (C=O) groups excluding carboxylic acids is 3. The van der Waals surface area contributed by atoms with Gasteiger partial charge in [-0.05, 0) is 42.5 Å². The quantitative estimate of drug-likeness (QED) is 0.379. The number of thioether (sulfide) groups is 1. The van der Waals surface area contributed by atoms with Crippen molar-refractivity contribution in [1.29, 1.82) is 0 Å². The van der Waals surface area contributed by atoms with E-state index in [9.17, 15) is 18.9 Å². The van der Waals surface area contributed by atoms with E-state index in [0.717, 1.165) is 40.9 Å². The van der Waals surface area contributed by atoms with Crippen LogP contribution in [0.15, 0.2) is 42.5 Å². The number of amides is 3. The molecule has 3 atom stereocenters. The topological polar surface area (TPSA) is 150 Å². The number of fused-ring (bicyclic) bond motifs is 1. The van der Waals surface area contributed by atoms with E-state index in [2.05, 4.69) is 5.32 Å². The molecule has 9 nitrogen and oxygen atoms in total. The number of hydrogen-bond acceptors (Lipinski definition) is 5. The molecule has 0 aromatic heterocycles. The maximum Gasteiger partial charge on any atom is 0.335 e. The van der Waals surface area contributed by atoms with Gasteiger partial charge in [0.05, 0.1) is 10.7 Å². The number of hydrogen-bond donors (Lipinski definition) is 4. The van der Waals surface area contributed by atoms with E-state index >= 15 is 0 Å². The van der Waals surface area contributed by atoms with Crippen molar-refractivity contribution in [3.05, 3.63) is 48.0 Å². The van der Waals surface area contributed by atoms with Gasteiger partial charge in [0.25, 0.3) is 0 Å². The lowest BCUT2D eigenvalue weighted by molar-refractivity contribution is -0.142. The zero-order chi connectivity index (χ0) is 24.9. The van der Waals surface area contributed by atoms with E-state index in [1.807, 2.05) is 42.5 Å². The molecule has 1 aliphatic heterocycles. The monoisotopic (exact) mass is 507 g/mol. The third kappa shape index (κ3) is 7.06. The van der Waals surface area contributed by atoms with Crippen LogP contribution in [-0.4, -0.2) is 61.8 Å². The Labute approximate surface area is 202 Å². The van der Waals surface area contributed by atoms with Crippen LogP contribution in [0.4, 0.5) is 0 Å². The highest BCUT2D eigenvalue weighted by Crippen LogP contribution is 2.40. The first-order chi connectivity index (χ1) is 16.0. The molecule has 3 amide bonds. The number of nitrogens with one attached hydrogen (secondary N) is 1. The molecule has 5 N–H and O–H groups in total. The van der Waals surface area contributed by atoms with Crippen LogP contribution in [0.2, 0.25) is 0 Å². The van der Waals surface area contributed by atoms with Crippen LogP contribution < -0.4 is 11.1 Å². The summed E-state index contributed by atoms with van der Waals surface area (Å²) in [6, 6.07) is 11.9. The highest BCUT2D eigenvalue weighted by atomic mass is 32.2. The molecule has 1 fully saturated rings. The number of piperidine rings is 1. The Balaban J connectivity index is 1.69. The predicted octanol–water partition coefficient (Wildman–Crippen LogP) is 1.99. The van der Waals surface area contributed by atoms with Gasteiger partial charge in [0.1, 0.15) is 12.1 Å². The summed E-state index contributed by atoms with van der Waals surface area (Å²) in [6.07, 6.45) is 2.13. The van der Waals surface area contributed by atoms with Gasteiger partial charge in [-0.25, -0.2) is 0 Å². The van der Waals surface area contributed by atoms with E-state index in [4.69, 9.17) is 15.5 Å². The van der Waals surface area contributed by atoms with Gasteiger partial charge in [-0.3, -0.25) is 18.9 Å². The molecule has 0 aliphatic carbocycles. The molecule has 184 valence electrons. The first-order valence-electron chi connectivity index (χ1n) is 11.1. The van der Waals surface area contributed by atoms with Crippen LogP contribution in [0.1, 0.15) is 31.7 Å². The average Bonchev–Trinajstić information content (AvgIpc) is 2.81. The fourth-order valence-corrected chi connectivity index (χ4v) is 6.02. The van der Waals surface area contributed by atoms with E-state index in [-0.39, 0.29) is 12.3 Å². The molecule has 34 heavy (non-hydrogen) atoms. The first kappa shape index (κ1) is 26.2. The fourth-order valence-electron chi connectivity index (χ4n) is 4.07. The molecule has 1 saturated heterocycles. The summed E-state index contributed by atoms with van der Waals surface area (Å²) >= 11 is 0.860. The first-order valence-corrected chi connectivity index (χ1v) is 13.9. The molecule has 3 rings (SSSR count). The SMILES string of the molecule is CC(SCP(=O)(O)O)C(=O)N1CCCCC1C(=O)NC(Cc1ccc2ccccc2c1)C(N)=O. The van der Waals surface area contributed by atoms with E-state index in [0.29, 0.717) is 13.0 Å². The van der Waals surface area contributed by atoms with Crippen molar-refractivity contribution >= 4 is 47.9 Å². The van der Waals surface area contributed by atoms with E-state index < -0.39 is 42.2 Å². The number of nitrogens with zero attached hydrogens (tertiary/aromatic N) is 1. The summed E-state index contributed by atoms with van der Waals surface area (Å²) in [5, 5.41) is 4.08. The van der Waals surface area contributed by atoms with Crippen LogP contribution in [-0.2, 0) is 25.4 Å². The van der Waals surface area contributed by atoms with Crippen LogP contribution >= 0.6 is 19.4 Å². The average molecular weight is 508 g/mol. The van der Waals surface area contributed by atoms with E-state index in [1.54, 1.807) is 6.92 Å². The molecule has 0 bridgehead atoms. The van der Waals surface area contributed by atoms with Crippen molar-refractivity contribution in [1.82, 2.24) is 10.2 Å². The Kier molecular flexibility index (Phi) is 8.76. The second kappa shape index (κ2) is 11.4. The fraction of sp³-hybridized carbons (Fsp3) is 0.435. The largest absolute Gasteiger partial charge is 0.368 e. The van der Waals surface area contributed by atoms with Crippen LogP contribution in [0, 0.1) is 0 Å². The summed E-state index contributed by atoms with van der Waals surface area (Å²) < 4.78 is 11.2. The molecule has 11 heteroatoms. The van der Waals surface area contributed by atoms with Crippen molar-refractivity contribution < 1.29 is 28.7 Å². The normalized spacial score (nSPS) is 18.3. The van der Waals surface area contributed by atoms with Gasteiger partial charge in [0.2, 0.25) is 17.7 Å². The molecular formula is C23H30N3O6PS. The molecule has 2 aromatic carbocycles. The van der Waals surface area contributed by atoms with Crippen LogP contribution in [0.25, 0.3) is 10.8 Å². The highest BCUT2D eigenvalue weighted by Gasteiger charge is 2.36. The Bertz CT molecular complexity index is 1110. The summed E-state index contributed by atoms with van der Waals surface area (Å²) in [5.74, 6) is -1.48. The summed E-state index contributed by atoms with van der Waals surface area (Å²) in [5.41, 5.74) is 5.96. The van der Waals surface area contributed by atoms with Crippen molar-refractivity contribution in [3.8, 4) is 0 Å². The minimum atomic E-state index is -4.25. The number of benzene rings is 2. The summed E-state index contributed by atoms with van der Waals surface area (Å²) in [6.45, 7) is 1.93. The molecule has 0 radical (unpaired) electrons. The minimum Gasteiger partial charge on any atom is -0.368 e. The summed E-state index contributed by atoms with van der Waals surface area (Å²) in [7, 11) is -4.25. The maximum atomic E-state index is 13.1. The van der Waals surface area contributed by atoms with E-state index in [1.165, 1.54) is 4.90 Å². The molecule has 0 saturated carbocycles. The van der Waals surface area contributed by atoms with Gasteiger partial charge in [0, 0.05) is 13.0 Å². The zero-order valence-electron chi connectivity index (χ0n) is 18.9. The van der Waals surface area contributed by atoms with Crippen LogP contribution in [0.5, 0.6) is 0 Å². The number of carbonyl (C=O) groups is 3. The summed E-state index contributed by atoms with van der Waals surface area (Å²) in [4.78, 5) is 57.8. The Morgan fingerprint density at radius 3 is 2.56 bits per heavy atom. The number of likely N-dealkylation sites (tertiary alicyclic amines) is 1. The number of nitrogens with two attached hydrogens (primary N) is 1. The van der Waals surface area contributed by atoms with Gasteiger partial charge >= 0.3 is 7.60 Å². The van der Waals surface area contributed by atoms with Crippen molar-refractivity contribution in [2.45, 2.75) is 49.9 Å². The molecule has 1 aliphatic rings. The Morgan fingerprint density at radius 2 is 1.88 bits per heavy atom. The lowest BCUT2D eigenvalue weighted by Gasteiger charge is -2.36. The Hall–Kier alpha value is -2.39. The maximum absolute atomic E-state index is 13.1. The minimum absolute atomic E-state index is 0.223. The van der Waals surface area contributed by atoms with Gasteiger partial charge in [-0.1, -0.05) is 42.5 Å². The van der Waals surface area contributed by atoms with Gasteiger partial charge in [-0.15, -0.1) is 11.8 Å². The second-order valence-electron chi connectivity index (χ2n) is 8.50. The predicted molar refractivity (Wildman–Crippen MR) is 132 cm³/mol. The molecule has 1 heterocycles. The molecular weight excluding hydrogens is 477 g/mol. The van der Waals surface area contributed by atoms with Gasteiger partial charge in [0.15, 0.2) is 0 Å². The third-order valence-electron chi connectivity index (χ3n) is 5.84. The highest BCUT2D eigenvalue weighted by molar-refractivity contribution is 8.05. The second-order valence-corrected chi connectivity index (χ2v) is 11.9. The Morgan fingerprint density at radius 1 is 1.18 bits per heavy atom. The smallest absolute Gasteiger partial charge is 0.335 e. The number of primary amides is 1. The van der Waals surface area contributed by atoms with Crippen molar-refractivity contribution in [2.75, 3.05) is 12.0 Å². The van der Waals surface area contributed by atoms with Crippen LogP contribution in [0.3, 0.4) is 0 Å². The molecule has 0 spiro atoms. The van der Waals surface area contributed by atoms with Crippen molar-refractivity contribution in [3.63, 3.8) is 0 Å². The molecule has 3 unspecified atom stereocenters. The lowest BCUT2D eigenvalue weighted by atomic mass is 9.98. The van der Waals surface area contributed by atoms with Gasteiger partial charge < -0.3 is 25.7 Å². The lowest BCUT2D eigenvalue weighted by Crippen LogP contribution is -2.57. The van der Waals surface area contributed by atoms with Gasteiger partial charge in [-0.2, -0.15) is 0 Å². The molecule has 2 aromatic rings. The van der Waals surface area contributed by atoms with Crippen molar-refractivity contribution in [2.24, 2.45) is 5.73 Å². The third-order valence-corrected chi connectivity index (χ3v) is 8.49. The zero-order valence-corrected chi connectivity index (χ0v) is 20.6. The standard InChI is InChI=1S/C23H30N3O6PS/c1-15(34-14-33(30,31)32)23(29)26-11-5-4-8-20(26)22(28)25-19(21(24)27)13-16-9-10-17-6-2-3-7-18(17)12-16/h2-3,6-7,9-10,12,15,19-20H,4-5,8,11,13-14H2,1H3,(H2,24,27)(H,25,28)(H2,30,31,32). The number of rotatable bonds is 9.